The molecule has 22 heavy (non-hydrogen) atoms. The summed E-state index contributed by atoms with van der Waals surface area (Å²) < 4.78 is 5.02. The van der Waals surface area contributed by atoms with Crippen molar-refractivity contribution in [2.45, 2.75) is 6.92 Å². The molecule has 2 aromatic carbocycles. The zero-order chi connectivity index (χ0) is 16.1. The van der Waals surface area contributed by atoms with Gasteiger partial charge in [-0.25, -0.2) is 5.43 Å². The van der Waals surface area contributed by atoms with E-state index in [1.807, 2.05) is 0 Å². The first kappa shape index (κ1) is 15.4. The van der Waals surface area contributed by atoms with Gasteiger partial charge in [-0.15, -0.1) is 0 Å². The number of carbonyl (C=O) groups excluding carboxylic acids is 1. The van der Waals surface area contributed by atoms with E-state index in [4.69, 9.17) is 4.74 Å². The molecule has 0 aliphatic heterocycles. The minimum Gasteiger partial charge on any atom is -0.508 e. The molecule has 0 aliphatic rings. The van der Waals surface area contributed by atoms with E-state index in [1.165, 1.54) is 18.2 Å². The van der Waals surface area contributed by atoms with Gasteiger partial charge in [-0.05, 0) is 43.3 Å². The summed E-state index contributed by atoms with van der Waals surface area (Å²) >= 11 is 0. The van der Waals surface area contributed by atoms with Gasteiger partial charge < -0.3 is 14.9 Å². The second-order valence-electron chi connectivity index (χ2n) is 4.57. The van der Waals surface area contributed by atoms with Crippen LogP contribution in [-0.2, 0) is 0 Å². The maximum Gasteiger partial charge on any atom is 0.271 e. The van der Waals surface area contributed by atoms with Crippen LogP contribution in [0.3, 0.4) is 0 Å². The minimum atomic E-state index is -0.375. The van der Waals surface area contributed by atoms with Crippen LogP contribution in [0.15, 0.2) is 47.6 Å². The van der Waals surface area contributed by atoms with Crippen LogP contribution in [0.2, 0.25) is 0 Å². The largest absolute Gasteiger partial charge is 0.508 e. The van der Waals surface area contributed by atoms with E-state index in [9.17, 15) is 15.0 Å². The van der Waals surface area contributed by atoms with E-state index in [2.05, 4.69) is 10.5 Å². The molecule has 3 N–H and O–H groups in total. The van der Waals surface area contributed by atoms with Crippen molar-refractivity contribution in [1.82, 2.24) is 5.43 Å². The fraction of sp³-hybridized carbons (Fsp3) is 0.125. The van der Waals surface area contributed by atoms with Crippen molar-refractivity contribution < 1.29 is 19.7 Å². The highest BCUT2D eigenvalue weighted by Crippen LogP contribution is 2.23. The normalized spacial score (nSPS) is 11.1. The van der Waals surface area contributed by atoms with Crippen LogP contribution in [0.25, 0.3) is 0 Å². The molecular formula is C16H16N2O4. The molecule has 114 valence electrons. The average molecular weight is 300 g/mol. The van der Waals surface area contributed by atoms with Gasteiger partial charge in [0.15, 0.2) is 0 Å². The van der Waals surface area contributed by atoms with Crippen LogP contribution in [-0.4, -0.2) is 28.9 Å². The first-order valence-electron chi connectivity index (χ1n) is 6.52. The van der Waals surface area contributed by atoms with E-state index in [0.717, 1.165) is 0 Å². The molecule has 6 heteroatoms. The molecule has 0 aliphatic carbocycles. The number of rotatable bonds is 4. The van der Waals surface area contributed by atoms with Gasteiger partial charge >= 0.3 is 0 Å². The van der Waals surface area contributed by atoms with Crippen LogP contribution < -0.4 is 10.2 Å². The van der Waals surface area contributed by atoms with Crippen molar-refractivity contribution in [1.29, 1.82) is 0 Å². The molecule has 0 radical (unpaired) electrons. The van der Waals surface area contributed by atoms with Crippen molar-refractivity contribution in [2.24, 2.45) is 5.10 Å². The molecule has 0 heterocycles. The lowest BCUT2D eigenvalue weighted by molar-refractivity contribution is 0.0954. The highest BCUT2D eigenvalue weighted by atomic mass is 16.5. The van der Waals surface area contributed by atoms with Crippen molar-refractivity contribution in [3.63, 3.8) is 0 Å². The standard InChI is InChI=1S/C16H16N2O4/c1-10(14-8-5-12(19)9-15(14)20)17-18-16(21)11-3-6-13(22-2)7-4-11/h3-9,19-20H,1-2H3,(H,18,21)/b17-10+. The number of hydrazone groups is 1. The fourth-order valence-electron chi connectivity index (χ4n) is 1.83. The number of benzene rings is 2. The van der Waals surface area contributed by atoms with E-state index < -0.39 is 0 Å². The van der Waals surface area contributed by atoms with Gasteiger partial charge in [0.05, 0.1) is 12.8 Å². The summed E-state index contributed by atoms with van der Waals surface area (Å²) in [4.78, 5) is 12.0. The van der Waals surface area contributed by atoms with Crippen molar-refractivity contribution in [3.05, 3.63) is 53.6 Å². The molecular weight excluding hydrogens is 284 g/mol. The van der Waals surface area contributed by atoms with E-state index in [0.29, 0.717) is 22.6 Å². The summed E-state index contributed by atoms with van der Waals surface area (Å²) in [5.41, 5.74) is 3.69. The molecule has 2 rings (SSSR count). The van der Waals surface area contributed by atoms with Crippen LogP contribution in [0.5, 0.6) is 17.2 Å². The second-order valence-corrected chi connectivity index (χ2v) is 4.57. The second kappa shape index (κ2) is 6.62. The first-order chi connectivity index (χ1) is 10.5. The summed E-state index contributed by atoms with van der Waals surface area (Å²) in [6.45, 7) is 1.64. The van der Waals surface area contributed by atoms with Crippen LogP contribution in [0, 0.1) is 0 Å². The number of nitrogens with one attached hydrogen (secondary N) is 1. The minimum absolute atomic E-state index is 0.0451. The third kappa shape index (κ3) is 3.54. The third-order valence-corrected chi connectivity index (χ3v) is 3.05. The SMILES string of the molecule is COc1ccc(C(=O)N/N=C(\C)c2ccc(O)cc2O)cc1. The lowest BCUT2D eigenvalue weighted by Crippen LogP contribution is -2.19. The Morgan fingerprint density at radius 2 is 1.82 bits per heavy atom. The monoisotopic (exact) mass is 300 g/mol. The van der Waals surface area contributed by atoms with Crippen LogP contribution in [0.1, 0.15) is 22.8 Å². The number of phenols is 2. The van der Waals surface area contributed by atoms with Crippen LogP contribution >= 0.6 is 0 Å². The molecule has 0 saturated heterocycles. The lowest BCUT2D eigenvalue weighted by Gasteiger charge is -2.06. The van der Waals surface area contributed by atoms with Gasteiger partial charge in [-0.2, -0.15) is 5.10 Å². The number of methoxy groups -OCH3 is 1. The first-order valence-corrected chi connectivity index (χ1v) is 6.52. The number of nitrogens with zero attached hydrogens (tertiary/aromatic N) is 1. The fourth-order valence-corrected chi connectivity index (χ4v) is 1.83. The number of aromatic hydroxyl groups is 2. The quantitative estimate of drug-likeness (QED) is 0.596. The van der Waals surface area contributed by atoms with Crippen molar-refractivity contribution in [3.8, 4) is 17.2 Å². The molecule has 0 fully saturated rings. The predicted molar refractivity (Wildman–Crippen MR) is 82.4 cm³/mol. The summed E-state index contributed by atoms with van der Waals surface area (Å²) in [5, 5.41) is 22.9. The number of phenolic OH excluding ortho intramolecular Hbond substituents is 2. The molecule has 0 saturated carbocycles. The smallest absolute Gasteiger partial charge is 0.271 e. The van der Waals surface area contributed by atoms with E-state index >= 15 is 0 Å². The Kier molecular flexibility index (Phi) is 4.63. The van der Waals surface area contributed by atoms with E-state index in [-0.39, 0.29) is 17.4 Å². The van der Waals surface area contributed by atoms with Gasteiger partial charge in [-0.1, -0.05) is 0 Å². The topological polar surface area (TPSA) is 91.2 Å². The Bertz CT molecular complexity index is 709. The third-order valence-electron chi connectivity index (χ3n) is 3.05. The highest BCUT2D eigenvalue weighted by Gasteiger charge is 2.08. The molecule has 6 nitrogen and oxygen atoms in total. The Labute approximate surface area is 127 Å². The molecule has 2 aromatic rings. The maximum atomic E-state index is 12.0. The Morgan fingerprint density at radius 3 is 2.41 bits per heavy atom. The average Bonchev–Trinajstić information content (AvgIpc) is 2.52. The van der Waals surface area contributed by atoms with Gasteiger partial charge in [0.1, 0.15) is 17.2 Å². The number of ether oxygens (including phenoxy) is 1. The zero-order valence-corrected chi connectivity index (χ0v) is 12.2. The lowest BCUT2D eigenvalue weighted by atomic mass is 10.1. The Hall–Kier alpha value is -3.02. The molecule has 1 amide bonds. The van der Waals surface area contributed by atoms with Crippen molar-refractivity contribution >= 4 is 11.6 Å². The number of carbonyl (C=O) groups is 1. The summed E-state index contributed by atoms with van der Waals surface area (Å²) in [6.07, 6.45) is 0. The number of hydrogen-bond acceptors (Lipinski definition) is 5. The molecule has 0 spiro atoms. The maximum absolute atomic E-state index is 12.0. The van der Waals surface area contributed by atoms with Gasteiger partial charge in [-0.3, -0.25) is 4.79 Å². The highest BCUT2D eigenvalue weighted by molar-refractivity contribution is 6.02. The molecule has 0 unspecified atom stereocenters. The van der Waals surface area contributed by atoms with E-state index in [1.54, 1.807) is 38.3 Å². The van der Waals surface area contributed by atoms with Gasteiger partial charge in [0, 0.05) is 17.2 Å². The van der Waals surface area contributed by atoms with Gasteiger partial charge in [0.25, 0.3) is 5.91 Å². The number of amides is 1. The number of hydrogen-bond donors (Lipinski definition) is 3. The predicted octanol–water partition coefficient (Wildman–Crippen LogP) is 2.26. The van der Waals surface area contributed by atoms with Crippen molar-refractivity contribution in [2.75, 3.05) is 7.11 Å². The summed E-state index contributed by atoms with van der Waals surface area (Å²) in [5.74, 6) is 0.127. The molecule has 0 bridgehead atoms. The molecule has 0 aromatic heterocycles. The summed E-state index contributed by atoms with van der Waals surface area (Å²) in [7, 11) is 1.55. The molecule has 0 atom stereocenters. The Balaban J connectivity index is 2.10. The Morgan fingerprint density at radius 1 is 1.14 bits per heavy atom. The zero-order valence-electron chi connectivity index (χ0n) is 12.2. The summed E-state index contributed by atoms with van der Waals surface area (Å²) in [6, 6.07) is 10.8. The van der Waals surface area contributed by atoms with Crippen LogP contribution in [0.4, 0.5) is 0 Å². The van der Waals surface area contributed by atoms with Gasteiger partial charge in [0.2, 0.25) is 0 Å².